The molecule has 2 aliphatic carbocycles. The van der Waals surface area contributed by atoms with E-state index in [-0.39, 0.29) is 17.1 Å². The zero-order chi connectivity index (χ0) is 10.2. The summed E-state index contributed by atoms with van der Waals surface area (Å²) in [4.78, 5) is 0. The Kier molecular flexibility index (Phi) is 7.67. The van der Waals surface area contributed by atoms with Crippen molar-refractivity contribution in [2.45, 2.75) is 6.10 Å². The predicted octanol–water partition coefficient (Wildman–Crippen LogP) is 1.89. The maximum absolute atomic E-state index is 8.86. The van der Waals surface area contributed by atoms with Crippen LogP contribution in [0.5, 0.6) is 0 Å². The first-order valence-electron chi connectivity index (χ1n) is 4.30. The standard InChI is InChI=1S/C7H6NO.C5H5.Fe/c8-5-7(9)6-3-1-2-4-6;1-2-4-5-3-1;/h1-4,7,9H;1-5H;/t7-;;/m1../s1. The quantitative estimate of drug-likeness (QED) is 0.562. The third-order valence-corrected chi connectivity index (χ3v) is 1.68. The van der Waals surface area contributed by atoms with E-state index >= 15 is 0 Å². The fraction of sp³-hybridized carbons (Fsp3) is 0.0833. The molecule has 0 aromatic carbocycles. The van der Waals surface area contributed by atoms with Crippen molar-refractivity contribution < 1.29 is 22.2 Å². The Morgan fingerprint density at radius 2 is 1.73 bits per heavy atom. The zero-order valence-corrected chi connectivity index (χ0v) is 9.13. The van der Waals surface area contributed by atoms with E-state index in [9.17, 15) is 0 Å². The van der Waals surface area contributed by atoms with E-state index in [4.69, 9.17) is 10.4 Å². The molecule has 0 saturated carbocycles. The summed E-state index contributed by atoms with van der Waals surface area (Å²) < 4.78 is 0. The number of rotatable bonds is 1. The van der Waals surface area contributed by atoms with E-state index in [1.165, 1.54) is 0 Å². The summed E-state index contributed by atoms with van der Waals surface area (Å²) in [7, 11) is 0. The van der Waals surface area contributed by atoms with Gasteiger partial charge in [0.05, 0.1) is 6.07 Å². The van der Waals surface area contributed by atoms with Crippen molar-refractivity contribution in [2.75, 3.05) is 0 Å². The molecular weight excluding hydrogens is 230 g/mol. The second-order valence-corrected chi connectivity index (χ2v) is 2.71. The summed E-state index contributed by atoms with van der Waals surface area (Å²) in [6, 6.07) is 1.72. The van der Waals surface area contributed by atoms with Crippen LogP contribution in [0.2, 0.25) is 0 Å². The smallest absolute Gasteiger partial charge is 0.165 e. The largest absolute Gasteiger partial charge is 0.374 e. The SMILES string of the molecule is N#C[C@@H](O)C1=C[CH]C=C1.[CH]1C=CC=C1.[Fe]. The average molecular weight is 241 g/mol. The molecule has 0 amide bonds. The summed E-state index contributed by atoms with van der Waals surface area (Å²) in [5.41, 5.74) is 0.664. The van der Waals surface area contributed by atoms with Crippen LogP contribution in [0.1, 0.15) is 0 Å². The average Bonchev–Trinajstić information content (AvgIpc) is 2.91. The molecule has 0 aromatic rings. The molecule has 0 unspecified atom stereocenters. The summed E-state index contributed by atoms with van der Waals surface area (Å²) in [5, 5.41) is 17.1. The van der Waals surface area contributed by atoms with Crippen LogP contribution in [0.25, 0.3) is 0 Å². The van der Waals surface area contributed by atoms with Gasteiger partial charge in [-0.25, -0.2) is 0 Å². The fourth-order valence-corrected chi connectivity index (χ4v) is 0.966. The topological polar surface area (TPSA) is 44.0 Å². The molecule has 0 spiro atoms. The van der Waals surface area contributed by atoms with Gasteiger partial charge in [-0.3, -0.25) is 0 Å². The third-order valence-electron chi connectivity index (χ3n) is 1.68. The fourth-order valence-electron chi connectivity index (χ4n) is 0.966. The van der Waals surface area contributed by atoms with Crippen LogP contribution in [-0.4, -0.2) is 11.2 Å². The summed E-state index contributed by atoms with van der Waals surface area (Å²) in [6.45, 7) is 0. The molecule has 0 aromatic heterocycles. The first-order chi connectivity index (χ1) is 6.84. The molecule has 78 valence electrons. The molecule has 0 fully saturated rings. The van der Waals surface area contributed by atoms with Crippen LogP contribution < -0.4 is 0 Å². The number of nitriles is 1. The summed E-state index contributed by atoms with van der Waals surface area (Å²) in [6.07, 6.45) is 16.0. The molecular formula is C12H11FeNO. The van der Waals surface area contributed by atoms with Gasteiger partial charge in [-0.2, -0.15) is 5.26 Å². The number of aliphatic hydroxyl groups is 1. The molecule has 3 heteroatoms. The number of hydrogen-bond donors (Lipinski definition) is 1. The van der Waals surface area contributed by atoms with Crippen LogP contribution in [-0.2, 0) is 17.1 Å². The third kappa shape index (κ3) is 5.39. The minimum Gasteiger partial charge on any atom is -0.374 e. The number of aliphatic hydroxyl groups excluding tert-OH is 1. The van der Waals surface area contributed by atoms with Gasteiger partial charge in [-0.1, -0.05) is 42.5 Å². The summed E-state index contributed by atoms with van der Waals surface area (Å²) >= 11 is 0. The Hall–Kier alpha value is -1.07. The minimum atomic E-state index is -0.958. The molecule has 1 N–H and O–H groups in total. The van der Waals surface area contributed by atoms with Crippen LogP contribution in [0.15, 0.2) is 48.1 Å². The minimum absolute atomic E-state index is 0. The molecule has 2 rings (SSSR count). The molecule has 2 aliphatic rings. The van der Waals surface area contributed by atoms with Crippen LogP contribution in [0.4, 0.5) is 0 Å². The Balaban J connectivity index is 0.000000280. The van der Waals surface area contributed by atoms with Crippen molar-refractivity contribution in [3.63, 3.8) is 0 Å². The van der Waals surface area contributed by atoms with Crippen molar-refractivity contribution >= 4 is 0 Å². The van der Waals surface area contributed by atoms with Gasteiger partial charge in [0, 0.05) is 29.9 Å². The zero-order valence-electron chi connectivity index (χ0n) is 8.02. The predicted molar refractivity (Wildman–Crippen MR) is 55.7 cm³/mol. The van der Waals surface area contributed by atoms with Crippen LogP contribution in [0.3, 0.4) is 0 Å². The Labute approximate surface area is 101 Å². The van der Waals surface area contributed by atoms with Gasteiger partial charge >= 0.3 is 0 Å². The monoisotopic (exact) mass is 241 g/mol. The van der Waals surface area contributed by atoms with E-state index in [1.807, 2.05) is 30.7 Å². The molecule has 0 bridgehead atoms. The maximum Gasteiger partial charge on any atom is 0.165 e. The van der Waals surface area contributed by atoms with E-state index < -0.39 is 6.10 Å². The normalized spacial score (nSPS) is 17.2. The number of hydrogen-bond acceptors (Lipinski definition) is 2. The van der Waals surface area contributed by atoms with Gasteiger partial charge in [0.25, 0.3) is 0 Å². The maximum atomic E-state index is 8.86. The van der Waals surface area contributed by atoms with Gasteiger partial charge in [0.1, 0.15) is 0 Å². The first-order valence-corrected chi connectivity index (χ1v) is 4.30. The summed E-state index contributed by atoms with van der Waals surface area (Å²) in [5.74, 6) is 0. The van der Waals surface area contributed by atoms with Gasteiger partial charge in [0.15, 0.2) is 6.10 Å². The first kappa shape index (κ1) is 13.9. The van der Waals surface area contributed by atoms with Crippen LogP contribution in [0, 0.1) is 24.2 Å². The van der Waals surface area contributed by atoms with Crippen LogP contribution >= 0.6 is 0 Å². The van der Waals surface area contributed by atoms with Gasteiger partial charge in [-0.15, -0.1) is 0 Å². The van der Waals surface area contributed by atoms with Crippen molar-refractivity contribution in [3.05, 3.63) is 60.9 Å². The molecule has 15 heavy (non-hydrogen) atoms. The van der Waals surface area contributed by atoms with E-state index in [2.05, 4.69) is 0 Å². The number of allylic oxidation sites excluding steroid dienone is 6. The van der Waals surface area contributed by atoms with Crippen molar-refractivity contribution in [2.24, 2.45) is 0 Å². The van der Waals surface area contributed by atoms with Gasteiger partial charge in [0.2, 0.25) is 0 Å². The number of nitrogens with zero attached hydrogens (tertiary/aromatic N) is 1. The molecule has 2 radical (unpaired) electrons. The van der Waals surface area contributed by atoms with Gasteiger partial charge in [-0.05, 0) is 5.57 Å². The molecule has 0 saturated heterocycles. The Morgan fingerprint density at radius 1 is 1.07 bits per heavy atom. The Morgan fingerprint density at radius 3 is 2.07 bits per heavy atom. The Bertz CT molecular complexity index is 324. The van der Waals surface area contributed by atoms with Crippen molar-refractivity contribution in [1.29, 1.82) is 5.26 Å². The molecule has 2 nitrogen and oxygen atoms in total. The van der Waals surface area contributed by atoms with E-state index in [0.717, 1.165) is 0 Å². The van der Waals surface area contributed by atoms with Gasteiger partial charge < -0.3 is 5.11 Å². The second-order valence-electron chi connectivity index (χ2n) is 2.71. The molecule has 0 aliphatic heterocycles. The van der Waals surface area contributed by atoms with E-state index in [0.29, 0.717) is 5.57 Å². The molecule has 1 atom stereocenters. The van der Waals surface area contributed by atoms with E-state index in [1.54, 1.807) is 30.7 Å². The molecule has 0 heterocycles. The van der Waals surface area contributed by atoms with Crippen molar-refractivity contribution in [3.8, 4) is 6.07 Å². The second kappa shape index (κ2) is 8.26. The van der Waals surface area contributed by atoms with Crippen molar-refractivity contribution in [1.82, 2.24) is 0 Å².